The van der Waals surface area contributed by atoms with E-state index in [9.17, 15) is 4.79 Å². The van der Waals surface area contributed by atoms with Crippen molar-refractivity contribution >= 4 is 11.7 Å². The van der Waals surface area contributed by atoms with Crippen molar-refractivity contribution in [2.24, 2.45) is 5.92 Å². The minimum Gasteiger partial charge on any atom is -0.377 e. The van der Waals surface area contributed by atoms with E-state index in [-0.39, 0.29) is 5.91 Å². The van der Waals surface area contributed by atoms with Crippen molar-refractivity contribution in [1.29, 1.82) is 0 Å². The van der Waals surface area contributed by atoms with Gasteiger partial charge in [-0.2, -0.15) is 0 Å². The zero-order valence-electron chi connectivity index (χ0n) is 13.8. The van der Waals surface area contributed by atoms with E-state index < -0.39 is 0 Å². The molecule has 6 heteroatoms. The highest BCUT2D eigenvalue weighted by molar-refractivity contribution is 5.91. The molecule has 0 spiro atoms. The van der Waals surface area contributed by atoms with Crippen LogP contribution in [0.2, 0.25) is 0 Å². The summed E-state index contributed by atoms with van der Waals surface area (Å²) in [4.78, 5) is 13.8. The van der Waals surface area contributed by atoms with Crippen LogP contribution >= 0.6 is 0 Å². The summed E-state index contributed by atoms with van der Waals surface area (Å²) in [6.45, 7) is 5.78. The number of ether oxygens (including phenoxy) is 1. The number of likely N-dealkylation sites (N-methyl/N-ethyl adjacent to an activating group) is 1. The lowest BCUT2D eigenvalue weighted by molar-refractivity contribution is -0.117. The fourth-order valence-electron chi connectivity index (χ4n) is 2.82. The second kappa shape index (κ2) is 8.29. The van der Waals surface area contributed by atoms with Crippen LogP contribution in [0.25, 0.3) is 0 Å². The predicted octanol–water partition coefficient (Wildman–Crippen LogP) is 2.45. The normalized spacial score (nSPS) is 22.0. The SMILES string of the molecule is Cc1cc(NC(=O)CN(C)CCO[C@H]2CCCC[C@@H]2C)no1. The number of aromatic nitrogens is 1. The Hall–Kier alpha value is -1.40. The van der Waals surface area contributed by atoms with Crippen molar-refractivity contribution in [3.8, 4) is 0 Å². The highest BCUT2D eigenvalue weighted by Crippen LogP contribution is 2.26. The molecule has 1 aromatic rings. The smallest absolute Gasteiger partial charge is 0.239 e. The van der Waals surface area contributed by atoms with Crippen LogP contribution in [0, 0.1) is 12.8 Å². The Bertz CT molecular complexity index is 475. The van der Waals surface area contributed by atoms with E-state index in [4.69, 9.17) is 9.26 Å². The average molecular weight is 309 g/mol. The van der Waals surface area contributed by atoms with E-state index in [0.29, 0.717) is 36.8 Å². The Kier molecular flexibility index (Phi) is 6.39. The van der Waals surface area contributed by atoms with Gasteiger partial charge in [0.05, 0.1) is 19.3 Å². The highest BCUT2D eigenvalue weighted by atomic mass is 16.5. The number of aryl methyl sites for hydroxylation is 1. The van der Waals surface area contributed by atoms with E-state index in [2.05, 4.69) is 17.4 Å². The van der Waals surface area contributed by atoms with Gasteiger partial charge in [0, 0.05) is 12.6 Å². The van der Waals surface area contributed by atoms with Gasteiger partial charge >= 0.3 is 0 Å². The van der Waals surface area contributed by atoms with Crippen LogP contribution in [-0.4, -0.2) is 48.8 Å². The minimum absolute atomic E-state index is 0.0955. The number of carbonyl (C=O) groups excluding carboxylic acids is 1. The zero-order chi connectivity index (χ0) is 15.9. The lowest BCUT2D eigenvalue weighted by Gasteiger charge is -2.29. The van der Waals surface area contributed by atoms with Crippen LogP contribution in [0.5, 0.6) is 0 Å². The molecule has 0 unspecified atom stereocenters. The molecule has 1 N–H and O–H groups in total. The molecule has 6 nitrogen and oxygen atoms in total. The number of amides is 1. The molecule has 1 aliphatic rings. The topological polar surface area (TPSA) is 67.6 Å². The molecule has 22 heavy (non-hydrogen) atoms. The molecule has 1 fully saturated rings. The van der Waals surface area contributed by atoms with Gasteiger partial charge in [-0.05, 0) is 32.7 Å². The van der Waals surface area contributed by atoms with Crippen molar-refractivity contribution in [2.75, 3.05) is 32.1 Å². The van der Waals surface area contributed by atoms with E-state index in [1.807, 2.05) is 11.9 Å². The maximum absolute atomic E-state index is 11.9. The van der Waals surface area contributed by atoms with Crippen molar-refractivity contribution in [1.82, 2.24) is 10.1 Å². The van der Waals surface area contributed by atoms with Crippen LogP contribution in [0.3, 0.4) is 0 Å². The first-order valence-electron chi connectivity index (χ1n) is 8.08. The molecule has 1 aromatic heterocycles. The Morgan fingerprint density at radius 2 is 2.27 bits per heavy atom. The van der Waals surface area contributed by atoms with Crippen LogP contribution in [0.4, 0.5) is 5.82 Å². The lowest BCUT2D eigenvalue weighted by atomic mass is 9.88. The lowest BCUT2D eigenvalue weighted by Crippen LogP contribution is -2.34. The fraction of sp³-hybridized carbons (Fsp3) is 0.750. The van der Waals surface area contributed by atoms with Gasteiger partial charge in [-0.15, -0.1) is 0 Å². The summed E-state index contributed by atoms with van der Waals surface area (Å²) >= 11 is 0. The number of nitrogens with zero attached hydrogens (tertiary/aromatic N) is 2. The number of hydrogen-bond donors (Lipinski definition) is 1. The van der Waals surface area contributed by atoms with Crippen molar-refractivity contribution in [3.63, 3.8) is 0 Å². The molecule has 2 rings (SSSR count). The summed E-state index contributed by atoms with van der Waals surface area (Å²) in [5.74, 6) is 1.70. The first kappa shape index (κ1) is 17.0. The van der Waals surface area contributed by atoms with E-state index in [1.165, 1.54) is 19.3 Å². The third kappa shape index (κ3) is 5.42. The molecule has 0 radical (unpaired) electrons. The molecule has 1 amide bonds. The summed E-state index contributed by atoms with van der Waals surface area (Å²) in [6, 6.07) is 1.70. The number of carbonyl (C=O) groups is 1. The van der Waals surface area contributed by atoms with Crippen LogP contribution in [-0.2, 0) is 9.53 Å². The maximum atomic E-state index is 11.9. The number of rotatable bonds is 7. The molecule has 1 saturated carbocycles. The summed E-state index contributed by atoms with van der Waals surface area (Å²) in [5, 5.41) is 6.46. The fourth-order valence-corrected chi connectivity index (χ4v) is 2.82. The standard InChI is InChI=1S/C16H27N3O3/c1-12-6-4-5-7-14(12)21-9-8-19(3)11-16(20)17-15-10-13(2)22-18-15/h10,12,14H,4-9,11H2,1-3H3,(H,17,18,20)/t12-,14-/m0/s1. The largest absolute Gasteiger partial charge is 0.377 e. The first-order chi connectivity index (χ1) is 10.5. The molecule has 0 aliphatic heterocycles. The van der Waals surface area contributed by atoms with Crippen molar-refractivity contribution < 1.29 is 14.1 Å². The van der Waals surface area contributed by atoms with Gasteiger partial charge in [-0.25, -0.2) is 0 Å². The highest BCUT2D eigenvalue weighted by Gasteiger charge is 2.21. The van der Waals surface area contributed by atoms with E-state index in [0.717, 1.165) is 13.0 Å². The third-order valence-electron chi connectivity index (χ3n) is 4.15. The molecule has 124 valence electrons. The quantitative estimate of drug-likeness (QED) is 0.838. The van der Waals surface area contributed by atoms with Gasteiger partial charge in [0.15, 0.2) is 5.82 Å². The molecule has 2 atom stereocenters. The second-order valence-corrected chi connectivity index (χ2v) is 6.28. The van der Waals surface area contributed by atoms with Gasteiger partial charge in [-0.1, -0.05) is 24.9 Å². The van der Waals surface area contributed by atoms with Crippen molar-refractivity contribution in [2.45, 2.75) is 45.6 Å². The monoisotopic (exact) mass is 309 g/mol. The van der Waals surface area contributed by atoms with Gasteiger partial charge < -0.3 is 14.6 Å². The van der Waals surface area contributed by atoms with E-state index in [1.54, 1.807) is 13.0 Å². The second-order valence-electron chi connectivity index (χ2n) is 6.28. The number of nitrogens with one attached hydrogen (secondary N) is 1. The molecular formula is C16H27N3O3. The summed E-state index contributed by atoms with van der Waals surface area (Å²) in [6.07, 6.45) is 5.40. The van der Waals surface area contributed by atoms with E-state index >= 15 is 0 Å². The Morgan fingerprint density at radius 3 is 2.95 bits per heavy atom. The van der Waals surface area contributed by atoms with Gasteiger partial charge in [0.25, 0.3) is 0 Å². The average Bonchev–Trinajstić information content (AvgIpc) is 2.86. The summed E-state index contributed by atoms with van der Waals surface area (Å²) in [5.41, 5.74) is 0. The predicted molar refractivity (Wildman–Crippen MR) is 84.7 cm³/mol. The van der Waals surface area contributed by atoms with Crippen LogP contribution in [0.15, 0.2) is 10.6 Å². The van der Waals surface area contributed by atoms with Gasteiger partial charge in [-0.3, -0.25) is 9.69 Å². The molecule has 1 aliphatic carbocycles. The number of hydrogen-bond acceptors (Lipinski definition) is 5. The summed E-state index contributed by atoms with van der Waals surface area (Å²) < 4.78 is 10.9. The van der Waals surface area contributed by atoms with Crippen LogP contribution < -0.4 is 5.32 Å². The molecule has 1 heterocycles. The zero-order valence-corrected chi connectivity index (χ0v) is 13.8. The Labute approximate surface area is 132 Å². The molecule has 0 saturated heterocycles. The Morgan fingerprint density at radius 1 is 1.50 bits per heavy atom. The third-order valence-corrected chi connectivity index (χ3v) is 4.15. The Balaban J connectivity index is 1.62. The first-order valence-corrected chi connectivity index (χ1v) is 8.08. The minimum atomic E-state index is -0.0955. The van der Waals surface area contributed by atoms with Crippen LogP contribution in [0.1, 0.15) is 38.4 Å². The summed E-state index contributed by atoms with van der Waals surface area (Å²) in [7, 11) is 1.92. The molecular weight excluding hydrogens is 282 g/mol. The molecule has 0 aromatic carbocycles. The van der Waals surface area contributed by atoms with Gasteiger partial charge in [0.2, 0.25) is 5.91 Å². The maximum Gasteiger partial charge on any atom is 0.239 e. The van der Waals surface area contributed by atoms with Crippen molar-refractivity contribution in [3.05, 3.63) is 11.8 Å². The molecule has 0 bridgehead atoms. The van der Waals surface area contributed by atoms with Gasteiger partial charge in [0.1, 0.15) is 5.76 Å². The number of anilines is 1.